The summed E-state index contributed by atoms with van der Waals surface area (Å²) in [5, 5.41) is 9.21. The molecule has 8 nitrogen and oxygen atoms in total. The molecule has 2 heterocycles. The van der Waals surface area contributed by atoms with Gasteiger partial charge in [0.05, 0.1) is 11.4 Å². The number of nitrogens with one attached hydrogen (secondary N) is 2. The Kier molecular flexibility index (Phi) is 6.57. The quantitative estimate of drug-likeness (QED) is 0.350. The number of rotatable bonds is 6. The van der Waals surface area contributed by atoms with Gasteiger partial charge in [-0.2, -0.15) is 0 Å². The summed E-state index contributed by atoms with van der Waals surface area (Å²) in [5.41, 5.74) is 8.08. The first kappa shape index (κ1) is 21.3. The van der Waals surface area contributed by atoms with Crippen LogP contribution in [0.5, 0.6) is 0 Å². The monoisotopic (exact) mass is 444 g/mol. The van der Waals surface area contributed by atoms with Crippen LogP contribution >= 0.6 is 11.8 Å². The molecular formula is C23H20N6O2S. The van der Waals surface area contributed by atoms with Crippen LogP contribution in [0.4, 0.5) is 0 Å². The number of hydrogen-bond acceptors (Lipinski definition) is 6. The zero-order chi connectivity index (χ0) is 22.3. The first-order valence-corrected chi connectivity index (χ1v) is 10.8. The van der Waals surface area contributed by atoms with E-state index >= 15 is 0 Å². The number of aryl methyl sites for hydroxylation is 1. The van der Waals surface area contributed by atoms with E-state index in [2.05, 4.69) is 26.0 Å². The molecule has 0 saturated carbocycles. The highest BCUT2D eigenvalue weighted by molar-refractivity contribution is 7.99. The van der Waals surface area contributed by atoms with E-state index in [1.165, 1.54) is 11.8 Å². The van der Waals surface area contributed by atoms with Crippen molar-refractivity contribution >= 4 is 23.6 Å². The summed E-state index contributed by atoms with van der Waals surface area (Å²) in [6.07, 6.45) is 3.42. The Balaban J connectivity index is 1.50. The number of aromatic nitrogens is 4. The lowest BCUT2D eigenvalue weighted by atomic mass is 10.2. The van der Waals surface area contributed by atoms with Crippen molar-refractivity contribution in [3.8, 4) is 17.1 Å². The van der Waals surface area contributed by atoms with Crippen LogP contribution in [0.1, 0.15) is 15.9 Å². The summed E-state index contributed by atoms with van der Waals surface area (Å²) in [4.78, 5) is 28.6. The average Bonchev–Trinajstić information content (AvgIpc) is 3.26. The predicted molar refractivity (Wildman–Crippen MR) is 122 cm³/mol. The largest absolute Gasteiger partial charge is 0.272 e. The molecule has 160 valence electrons. The van der Waals surface area contributed by atoms with Crippen molar-refractivity contribution in [3.05, 3.63) is 90.3 Å². The maximum atomic E-state index is 12.3. The number of hydrazine groups is 1. The Morgan fingerprint density at radius 1 is 0.938 bits per heavy atom. The number of amides is 2. The first-order chi connectivity index (χ1) is 15.6. The molecule has 32 heavy (non-hydrogen) atoms. The molecule has 0 aliphatic carbocycles. The molecular weight excluding hydrogens is 424 g/mol. The molecule has 0 unspecified atom stereocenters. The molecule has 2 N–H and O–H groups in total. The molecule has 0 bridgehead atoms. The van der Waals surface area contributed by atoms with Crippen LogP contribution in [-0.2, 0) is 4.79 Å². The predicted octanol–water partition coefficient (Wildman–Crippen LogP) is 3.19. The fourth-order valence-corrected chi connectivity index (χ4v) is 3.78. The Bertz CT molecular complexity index is 1230. The van der Waals surface area contributed by atoms with Crippen LogP contribution in [0.25, 0.3) is 17.1 Å². The van der Waals surface area contributed by atoms with Gasteiger partial charge in [-0.1, -0.05) is 48.2 Å². The molecule has 0 atom stereocenters. The van der Waals surface area contributed by atoms with Crippen LogP contribution < -0.4 is 10.9 Å². The van der Waals surface area contributed by atoms with E-state index in [4.69, 9.17) is 0 Å². The van der Waals surface area contributed by atoms with Crippen molar-refractivity contribution in [1.29, 1.82) is 0 Å². The number of nitrogens with zero attached hydrogens (tertiary/aromatic N) is 4. The number of thioether (sulfide) groups is 1. The summed E-state index contributed by atoms with van der Waals surface area (Å²) in [6, 6.07) is 20.3. The van der Waals surface area contributed by atoms with Gasteiger partial charge < -0.3 is 0 Å². The van der Waals surface area contributed by atoms with E-state index < -0.39 is 0 Å². The molecule has 0 saturated heterocycles. The van der Waals surface area contributed by atoms with Crippen LogP contribution in [0.15, 0.2) is 84.3 Å². The van der Waals surface area contributed by atoms with Gasteiger partial charge in [-0.3, -0.25) is 30.0 Å². The van der Waals surface area contributed by atoms with Crippen molar-refractivity contribution in [2.24, 2.45) is 0 Å². The molecule has 0 fully saturated rings. The minimum atomic E-state index is -0.383. The minimum Gasteiger partial charge on any atom is -0.272 e. The molecule has 2 aromatic carbocycles. The number of benzene rings is 2. The zero-order valence-electron chi connectivity index (χ0n) is 17.2. The van der Waals surface area contributed by atoms with Crippen molar-refractivity contribution in [2.45, 2.75) is 12.1 Å². The lowest BCUT2D eigenvalue weighted by molar-refractivity contribution is -0.119. The van der Waals surface area contributed by atoms with E-state index in [-0.39, 0.29) is 17.6 Å². The molecule has 0 aliphatic heterocycles. The molecule has 4 aromatic rings. The topological polar surface area (TPSA) is 102 Å². The fraction of sp³-hybridized carbons (Fsp3) is 0.0870. The van der Waals surface area contributed by atoms with Gasteiger partial charge in [-0.15, -0.1) is 10.2 Å². The smallest absolute Gasteiger partial charge is 0.269 e. The van der Waals surface area contributed by atoms with Crippen LogP contribution in [0.2, 0.25) is 0 Å². The highest BCUT2D eigenvalue weighted by atomic mass is 32.2. The van der Waals surface area contributed by atoms with E-state index in [1.54, 1.807) is 36.7 Å². The maximum Gasteiger partial charge on any atom is 0.269 e. The van der Waals surface area contributed by atoms with Crippen molar-refractivity contribution in [2.75, 3.05) is 5.75 Å². The third-order valence-electron chi connectivity index (χ3n) is 4.59. The van der Waals surface area contributed by atoms with Gasteiger partial charge in [0.2, 0.25) is 5.91 Å². The third kappa shape index (κ3) is 4.84. The zero-order valence-corrected chi connectivity index (χ0v) is 18.0. The molecule has 4 rings (SSSR count). The van der Waals surface area contributed by atoms with Crippen molar-refractivity contribution in [3.63, 3.8) is 0 Å². The van der Waals surface area contributed by atoms with Gasteiger partial charge >= 0.3 is 0 Å². The van der Waals surface area contributed by atoms with Gasteiger partial charge in [0.15, 0.2) is 11.0 Å². The number of para-hydroxylation sites is 1. The number of carbonyl (C=O) groups is 2. The van der Waals surface area contributed by atoms with Crippen molar-refractivity contribution in [1.82, 2.24) is 30.6 Å². The molecule has 0 spiro atoms. The van der Waals surface area contributed by atoms with Crippen LogP contribution in [0, 0.1) is 6.92 Å². The van der Waals surface area contributed by atoms with Gasteiger partial charge in [0, 0.05) is 23.5 Å². The normalized spacial score (nSPS) is 10.5. The molecule has 9 heteroatoms. The third-order valence-corrected chi connectivity index (χ3v) is 5.52. The summed E-state index contributed by atoms with van der Waals surface area (Å²) in [7, 11) is 0. The first-order valence-electron chi connectivity index (χ1n) is 9.82. The summed E-state index contributed by atoms with van der Waals surface area (Å²) >= 11 is 1.23. The van der Waals surface area contributed by atoms with E-state index in [0.29, 0.717) is 16.5 Å². The summed E-state index contributed by atoms with van der Waals surface area (Å²) in [6.45, 7) is 2.00. The highest BCUT2D eigenvalue weighted by Gasteiger charge is 2.18. The van der Waals surface area contributed by atoms with E-state index in [9.17, 15) is 9.59 Å². The highest BCUT2D eigenvalue weighted by Crippen LogP contribution is 2.28. The number of hydrogen-bond donors (Lipinski definition) is 2. The molecule has 0 aliphatic rings. The molecule has 0 radical (unpaired) electrons. The van der Waals surface area contributed by atoms with Crippen LogP contribution in [0.3, 0.4) is 0 Å². The Labute approximate surface area is 189 Å². The second kappa shape index (κ2) is 9.88. The SMILES string of the molecule is Cc1ccccc1-n1c(SCC(=O)NNC(=O)c2ccccc2)nnc1-c1cccnc1. The fourth-order valence-electron chi connectivity index (χ4n) is 3.03. The van der Waals surface area contributed by atoms with Gasteiger partial charge in [0.1, 0.15) is 0 Å². The minimum absolute atomic E-state index is 0.0477. The van der Waals surface area contributed by atoms with Gasteiger partial charge in [-0.05, 0) is 42.8 Å². The Morgan fingerprint density at radius 3 is 2.47 bits per heavy atom. The van der Waals surface area contributed by atoms with E-state index in [1.807, 2.05) is 54.0 Å². The lowest BCUT2D eigenvalue weighted by Gasteiger charge is -2.13. The maximum absolute atomic E-state index is 12.3. The molecule has 2 amide bonds. The number of carbonyl (C=O) groups excluding carboxylic acids is 2. The second-order valence-corrected chi connectivity index (χ2v) is 7.77. The lowest BCUT2D eigenvalue weighted by Crippen LogP contribution is -2.42. The standard InChI is InChI=1S/C23H20N6O2S/c1-16-8-5-6-12-19(16)29-21(18-11-7-13-24-14-18)26-28-23(29)32-15-20(30)25-27-22(31)17-9-3-2-4-10-17/h2-14H,15H2,1H3,(H,25,30)(H,27,31). The second-order valence-electron chi connectivity index (χ2n) is 6.83. The average molecular weight is 445 g/mol. The van der Waals surface area contributed by atoms with Gasteiger partial charge in [-0.25, -0.2) is 0 Å². The number of pyridine rings is 1. The van der Waals surface area contributed by atoms with Crippen LogP contribution in [-0.4, -0.2) is 37.3 Å². The van der Waals surface area contributed by atoms with Gasteiger partial charge in [0.25, 0.3) is 5.91 Å². The summed E-state index contributed by atoms with van der Waals surface area (Å²) < 4.78 is 1.91. The Hall–Kier alpha value is -3.98. The summed E-state index contributed by atoms with van der Waals surface area (Å²) in [5.74, 6) is -0.0633. The Morgan fingerprint density at radius 2 is 1.72 bits per heavy atom. The van der Waals surface area contributed by atoms with Crippen molar-refractivity contribution < 1.29 is 9.59 Å². The molecule has 2 aromatic heterocycles. The van der Waals surface area contributed by atoms with E-state index in [0.717, 1.165) is 16.8 Å².